The van der Waals surface area contributed by atoms with Gasteiger partial charge in [-0.2, -0.15) is 0 Å². The van der Waals surface area contributed by atoms with Gasteiger partial charge in [0.2, 0.25) is 0 Å². The van der Waals surface area contributed by atoms with Crippen LogP contribution in [0.25, 0.3) is 0 Å². The van der Waals surface area contributed by atoms with Gasteiger partial charge in [0.05, 0.1) is 84.8 Å². The summed E-state index contributed by atoms with van der Waals surface area (Å²) in [5.74, 6) is -0.694. The van der Waals surface area contributed by atoms with Crippen LogP contribution < -0.4 is 0 Å². The predicted octanol–water partition coefficient (Wildman–Crippen LogP) is 14.3. The minimum Gasteiger partial charge on any atom is -0.450 e. The van der Waals surface area contributed by atoms with Crippen molar-refractivity contribution in [3.8, 4) is 0 Å². The van der Waals surface area contributed by atoms with Crippen molar-refractivity contribution >= 4 is 5.97 Å². The highest BCUT2D eigenvalue weighted by Crippen LogP contribution is 2.40. The minimum absolute atomic E-state index is 0.00639. The van der Waals surface area contributed by atoms with E-state index in [1.807, 2.05) is 279 Å². The van der Waals surface area contributed by atoms with Crippen LogP contribution in [0.5, 0.6) is 0 Å². The summed E-state index contributed by atoms with van der Waals surface area (Å²) in [6.45, 7) is 1.06. The Kier molecular flexibility index (Phi) is 27.9. The molecule has 3 heterocycles. The van der Waals surface area contributed by atoms with Crippen molar-refractivity contribution in [2.75, 3.05) is 19.8 Å². The fourth-order valence-corrected chi connectivity index (χ4v) is 13.1. The number of aliphatic hydroxyl groups excluding tert-OH is 1. The van der Waals surface area contributed by atoms with Crippen LogP contribution in [0.3, 0.4) is 0 Å². The molecular weight excluding hydrogens is 1330 g/mol. The molecule has 17 nitrogen and oxygen atoms in total. The number of carbonyl (C=O) groups is 1. The van der Waals surface area contributed by atoms with Gasteiger partial charge in [0.25, 0.3) is 0 Å². The quantitative estimate of drug-likeness (QED) is 0.0367. The zero-order valence-corrected chi connectivity index (χ0v) is 58.5. The van der Waals surface area contributed by atoms with E-state index in [1.54, 1.807) is 24.3 Å². The zero-order valence-electron chi connectivity index (χ0n) is 58.5. The van der Waals surface area contributed by atoms with Gasteiger partial charge in [0, 0.05) is 0 Å². The first-order chi connectivity index (χ1) is 51.9. The van der Waals surface area contributed by atoms with E-state index in [4.69, 9.17) is 71.1 Å². The molecule has 1 N–H and O–H groups in total. The van der Waals surface area contributed by atoms with E-state index in [1.165, 1.54) is 0 Å². The van der Waals surface area contributed by atoms with Gasteiger partial charge in [0.15, 0.2) is 25.0 Å². The smallest absolute Gasteiger partial charge is 0.338 e. The Hall–Kier alpha value is -8.93. The summed E-state index contributed by atoms with van der Waals surface area (Å²) >= 11 is 0. The fourth-order valence-electron chi connectivity index (χ4n) is 13.1. The van der Waals surface area contributed by atoms with Crippen LogP contribution in [0.15, 0.2) is 303 Å². The molecule has 10 aromatic rings. The average Bonchev–Trinajstić information content (AvgIpc) is 0.762. The number of carbonyl (C=O) groups excluding carboxylic acids is 1. The maximum Gasteiger partial charge on any atom is 0.338 e. The lowest BCUT2D eigenvalue weighted by atomic mass is 9.95. The molecule has 3 aliphatic heterocycles. The Labute approximate surface area is 614 Å². The SMILES string of the molecule is O=C(O[C@@H]1[C@@H](O[C@@H]2[C@@H](O[C@H]3[C@@H](OCc4ccccc4)[C@H](OCc4ccccc4)[C@@H](COCc4ccccc4)O[C@@H]3O)O[C@H](COCc3ccccc3)[C@@H](OCc3ccccc3)[C@@H]2OCc2ccccc2)O[C@H](COCc2ccccc2)[C@@H](OCc2ccccc2)[C@@H]1OCc1ccccc1)c1ccccc1. The second kappa shape index (κ2) is 39.4. The number of rotatable bonds is 36. The van der Waals surface area contributed by atoms with Gasteiger partial charge in [0.1, 0.15) is 67.1 Å². The summed E-state index contributed by atoms with van der Waals surface area (Å²) in [6.07, 6.45) is -18.5. The maximum absolute atomic E-state index is 15.2. The van der Waals surface area contributed by atoms with E-state index < -0.39 is 98.1 Å². The fraction of sp³-hybridized carbons (Fsp3) is 0.307. The molecule has 0 amide bonds. The summed E-state index contributed by atoms with van der Waals surface area (Å²) in [6, 6.07) is 96.8. The molecule has 3 saturated heterocycles. The third-order valence-corrected chi connectivity index (χ3v) is 18.5. The van der Waals surface area contributed by atoms with Crippen molar-refractivity contribution in [1.29, 1.82) is 0 Å². The van der Waals surface area contributed by atoms with Crippen molar-refractivity contribution in [3.63, 3.8) is 0 Å². The molecule has 0 radical (unpaired) electrons. The molecule has 3 fully saturated rings. The Morgan fingerprint density at radius 3 is 0.790 bits per heavy atom. The molecule has 0 spiro atoms. The zero-order chi connectivity index (χ0) is 71.5. The lowest BCUT2D eigenvalue weighted by molar-refractivity contribution is -0.401. The number of hydrogen-bond donors (Lipinski definition) is 1. The van der Waals surface area contributed by atoms with Gasteiger partial charge < -0.3 is 76.2 Å². The van der Waals surface area contributed by atoms with Crippen LogP contribution in [0, 0.1) is 0 Å². The van der Waals surface area contributed by atoms with Gasteiger partial charge in [-0.1, -0.05) is 291 Å². The molecule has 0 aromatic heterocycles. The summed E-state index contributed by atoms with van der Waals surface area (Å²) in [5, 5.41) is 13.0. The summed E-state index contributed by atoms with van der Waals surface area (Å²) in [7, 11) is 0. The highest BCUT2D eigenvalue weighted by molar-refractivity contribution is 5.89. The molecule has 0 aliphatic carbocycles. The average molecular weight is 1420 g/mol. The van der Waals surface area contributed by atoms with E-state index >= 15 is 4.79 Å². The predicted molar refractivity (Wildman–Crippen MR) is 392 cm³/mol. The monoisotopic (exact) mass is 1420 g/mol. The highest BCUT2D eigenvalue weighted by atomic mass is 16.8. The third kappa shape index (κ3) is 21.6. The van der Waals surface area contributed by atoms with Crippen molar-refractivity contribution in [1.82, 2.24) is 0 Å². The Morgan fingerprint density at radius 2 is 0.486 bits per heavy atom. The second-order valence-corrected chi connectivity index (χ2v) is 26.2. The van der Waals surface area contributed by atoms with E-state index in [0.29, 0.717) is 0 Å². The van der Waals surface area contributed by atoms with Crippen LogP contribution in [0.4, 0.5) is 0 Å². The van der Waals surface area contributed by atoms with Crippen molar-refractivity contribution in [2.45, 2.75) is 152 Å². The van der Waals surface area contributed by atoms with Crippen molar-refractivity contribution < 1.29 is 81.0 Å². The molecule has 15 atom stereocenters. The lowest BCUT2D eigenvalue weighted by Gasteiger charge is -2.51. The molecule has 105 heavy (non-hydrogen) atoms. The molecule has 0 bridgehead atoms. The Balaban J connectivity index is 0.948. The highest BCUT2D eigenvalue weighted by Gasteiger charge is 2.58. The number of esters is 1. The van der Waals surface area contributed by atoms with Crippen LogP contribution in [0.2, 0.25) is 0 Å². The van der Waals surface area contributed by atoms with Gasteiger partial charge >= 0.3 is 5.97 Å². The summed E-state index contributed by atoms with van der Waals surface area (Å²) in [5.41, 5.74) is 8.19. The third-order valence-electron chi connectivity index (χ3n) is 18.5. The molecule has 544 valence electrons. The maximum atomic E-state index is 15.2. The van der Waals surface area contributed by atoms with Crippen LogP contribution in [-0.2, 0) is 131 Å². The summed E-state index contributed by atoms with van der Waals surface area (Å²) < 4.78 is 107. The van der Waals surface area contributed by atoms with Crippen LogP contribution >= 0.6 is 0 Å². The number of ether oxygens (including phenoxy) is 15. The topological polar surface area (TPSA) is 176 Å². The second-order valence-electron chi connectivity index (χ2n) is 26.2. The lowest BCUT2D eigenvalue weighted by Crippen LogP contribution is -2.68. The van der Waals surface area contributed by atoms with E-state index in [9.17, 15) is 5.11 Å². The van der Waals surface area contributed by atoms with E-state index in [-0.39, 0.29) is 84.8 Å². The van der Waals surface area contributed by atoms with Gasteiger partial charge in [-0.15, -0.1) is 0 Å². The first kappa shape index (κ1) is 74.3. The van der Waals surface area contributed by atoms with Crippen molar-refractivity contribution in [2.24, 2.45) is 0 Å². The number of benzene rings is 10. The summed E-state index contributed by atoms with van der Waals surface area (Å²) in [4.78, 5) is 15.2. The van der Waals surface area contributed by atoms with Crippen LogP contribution in [-0.4, -0.2) is 123 Å². The molecule has 13 rings (SSSR count). The molecule has 0 unspecified atom stereocenters. The standard InChI is InChI=1S/C88H90O17/c89-85(72-49-29-10-30-50-72)103-83-80(98-58-70-45-25-8-26-46-70)77(95-55-67-39-19-5-20-40-67)74(61-92-52-64-33-13-2-14-34-64)101-87(83)105-84-81(99-59-71-47-27-9-28-48-71)78(96-56-68-41-21-6-22-42-68)75(62-93-53-65-35-15-3-16-36-65)102-88(84)104-82-79(97-57-69-43-23-7-24-44-69)76(94-54-66-37-17-4-18-38-66)73(100-86(82)90)60-91-51-63-31-11-1-12-32-63/h1-50,73-84,86-88,90H,51-62H2/t73-,74-,75-,76-,77-,78-,79+,80+,81+,82+,83+,84+,86+,87-,88-/m1/s1. The minimum atomic E-state index is -1.73. The molecular formula is C88H90O17. The molecule has 0 saturated carbocycles. The first-order valence-electron chi connectivity index (χ1n) is 35.9. The molecule has 10 aromatic carbocycles. The Morgan fingerprint density at radius 1 is 0.257 bits per heavy atom. The number of aliphatic hydroxyl groups is 1. The largest absolute Gasteiger partial charge is 0.450 e. The van der Waals surface area contributed by atoms with E-state index in [2.05, 4.69) is 0 Å². The Bertz CT molecular complexity index is 4050. The van der Waals surface area contributed by atoms with E-state index in [0.717, 1.165) is 50.1 Å². The van der Waals surface area contributed by atoms with Gasteiger partial charge in [-0.3, -0.25) is 0 Å². The van der Waals surface area contributed by atoms with Gasteiger partial charge in [-0.05, 0) is 62.2 Å². The first-order valence-corrected chi connectivity index (χ1v) is 35.9. The van der Waals surface area contributed by atoms with Gasteiger partial charge in [-0.25, -0.2) is 4.79 Å². The normalized spacial score (nSPS) is 24.6. The molecule has 17 heteroatoms. The van der Waals surface area contributed by atoms with Crippen molar-refractivity contribution in [3.05, 3.63) is 359 Å². The molecule has 3 aliphatic rings. The van der Waals surface area contributed by atoms with Crippen LogP contribution in [0.1, 0.15) is 60.4 Å². The number of hydrogen-bond acceptors (Lipinski definition) is 17.